The van der Waals surface area contributed by atoms with Crippen molar-refractivity contribution in [1.29, 1.82) is 0 Å². The zero-order valence-corrected chi connectivity index (χ0v) is 11.7. The number of carbonyl (C=O) groups is 1. The molecule has 1 saturated heterocycles. The first-order valence-electron chi connectivity index (χ1n) is 6.56. The number of piperazine rings is 1. The van der Waals surface area contributed by atoms with E-state index in [0.717, 1.165) is 26.2 Å². The topological polar surface area (TPSA) is 58.6 Å². The lowest BCUT2D eigenvalue weighted by Gasteiger charge is -2.32. The molecule has 6 heteroatoms. The van der Waals surface area contributed by atoms with Crippen LogP contribution in [-0.2, 0) is 4.74 Å². The fourth-order valence-corrected chi connectivity index (χ4v) is 2.02. The molecule has 2 rings (SSSR count). The lowest BCUT2D eigenvalue weighted by molar-refractivity contribution is 0.0524. The van der Waals surface area contributed by atoms with E-state index in [4.69, 9.17) is 4.74 Å². The molecule has 0 atom stereocenters. The summed E-state index contributed by atoms with van der Waals surface area (Å²) in [5.41, 5.74) is 1.11. The van der Waals surface area contributed by atoms with E-state index in [1.165, 1.54) is 0 Å². The quantitative estimate of drug-likeness (QED) is 0.750. The van der Waals surface area contributed by atoms with Crippen LogP contribution in [-0.4, -0.2) is 60.7 Å². The first kappa shape index (κ1) is 13.7. The fraction of sp³-hybridized carbons (Fsp3) is 0.615. The summed E-state index contributed by atoms with van der Waals surface area (Å²) in [5.74, 6) is 0.337. The average molecular weight is 264 g/mol. The van der Waals surface area contributed by atoms with Crippen LogP contribution in [0.4, 0.5) is 5.95 Å². The Morgan fingerprint density at radius 2 is 2.05 bits per heavy atom. The van der Waals surface area contributed by atoms with Crippen LogP contribution in [0, 0.1) is 6.92 Å². The minimum absolute atomic E-state index is 0.357. The van der Waals surface area contributed by atoms with Crippen LogP contribution in [0.25, 0.3) is 0 Å². The molecule has 19 heavy (non-hydrogen) atoms. The predicted molar refractivity (Wildman–Crippen MR) is 72.4 cm³/mol. The highest BCUT2D eigenvalue weighted by molar-refractivity contribution is 5.90. The SMILES string of the molecule is CCOC(=O)c1cnc(N2CCN(C)CC2)nc1C. The highest BCUT2D eigenvalue weighted by atomic mass is 16.5. The second-order valence-corrected chi connectivity index (χ2v) is 4.68. The van der Waals surface area contributed by atoms with Crippen molar-refractivity contribution in [3.8, 4) is 0 Å². The summed E-state index contributed by atoms with van der Waals surface area (Å²) < 4.78 is 4.97. The Kier molecular flexibility index (Phi) is 4.31. The molecule has 0 amide bonds. The smallest absolute Gasteiger partial charge is 0.341 e. The van der Waals surface area contributed by atoms with Crippen molar-refractivity contribution < 1.29 is 9.53 Å². The molecule has 2 heterocycles. The van der Waals surface area contributed by atoms with E-state index in [-0.39, 0.29) is 5.97 Å². The number of nitrogens with zero attached hydrogens (tertiary/aromatic N) is 4. The Morgan fingerprint density at radius 3 is 2.63 bits per heavy atom. The maximum absolute atomic E-state index is 11.7. The largest absolute Gasteiger partial charge is 0.462 e. The lowest BCUT2D eigenvalue weighted by Crippen LogP contribution is -2.45. The molecule has 1 aromatic heterocycles. The molecule has 0 saturated carbocycles. The van der Waals surface area contributed by atoms with Crippen LogP contribution in [0.15, 0.2) is 6.20 Å². The standard InChI is InChI=1S/C13H20N4O2/c1-4-19-12(18)11-9-14-13(15-10(11)2)17-7-5-16(3)6-8-17/h9H,4-8H2,1-3H3. The van der Waals surface area contributed by atoms with Gasteiger partial charge < -0.3 is 14.5 Å². The van der Waals surface area contributed by atoms with Gasteiger partial charge in [0.05, 0.1) is 17.9 Å². The lowest BCUT2D eigenvalue weighted by atomic mass is 10.2. The van der Waals surface area contributed by atoms with Crippen molar-refractivity contribution >= 4 is 11.9 Å². The van der Waals surface area contributed by atoms with Gasteiger partial charge >= 0.3 is 5.97 Å². The van der Waals surface area contributed by atoms with Gasteiger partial charge in [-0.25, -0.2) is 14.8 Å². The van der Waals surface area contributed by atoms with E-state index >= 15 is 0 Å². The number of hydrogen-bond acceptors (Lipinski definition) is 6. The number of likely N-dealkylation sites (N-methyl/N-ethyl adjacent to an activating group) is 1. The number of aromatic nitrogens is 2. The molecule has 0 N–H and O–H groups in total. The molecular formula is C13H20N4O2. The number of carbonyl (C=O) groups excluding carboxylic acids is 1. The van der Waals surface area contributed by atoms with Crippen LogP contribution < -0.4 is 4.90 Å². The monoisotopic (exact) mass is 264 g/mol. The zero-order chi connectivity index (χ0) is 13.8. The van der Waals surface area contributed by atoms with Crippen LogP contribution >= 0.6 is 0 Å². The molecule has 1 aromatic rings. The highest BCUT2D eigenvalue weighted by Crippen LogP contribution is 2.14. The minimum atomic E-state index is -0.357. The molecule has 0 aromatic carbocycles. The first-order valence-corrected chi connectivity index (χ1v) is 6.56. The number of ether oxygens (including phenoxy) is 1. The van der Waals surface area contributed by atoms with Gasteiger partial charge in [-0.15, -0.1) is 0 Å². The molecule has 1 aliphatic rings. The van der Waals surface area contributed by atoms with Gasteiger partial charge in [-0.05, 0) is 20.9 Å². The van der Waals surface area contributed by atoms with E-state index < -0.39 is 0 Å². The first-order chi connectivity index (χ1) is 9.11. The fourth-order valence-electron chi connectivity index (χ4n) is 2.02. The molecule has 1 fully saturated rings. The van der Waals surface area contributed by atoms with Crippen LogP contribution in [0.2, 0.25) is 0 Å². The molecule has 1 aliphatic heterocycles. The molecular weight excluding hydrogens is 244 g/mol. The molecule has 0 spiro atoms. The highest BCUT2D eigenvalue weighted by Gasteiger charge is 2.19. The summed E-state index contributed by atoms with van der Waals surface area (Å²) in [6, 6.07) is 0. The molecule has 0 radical (unpaired) electrons. The van der Waals surface area contributed by atoms with E-state index in [9.17, 15) is 4.79 Å². The summed E-state index contributed by atoms with van der Waals surface area (Å²) in [6.45, 7) is 7.78. The van der Waals surface area contributed by atoms with E-state index in [1.807, 2.05) is 6.92 Å². The predicted octanol–water partition coefficient (Wildman–Crippen LogP) is 0.714. The van der Waals surface area contributed by atoms with Crippen molar-refractivity contribution in [2.45, 2.75) is 13.8 Å². The van der Waals surface area contributed by atoms with Crippen LogP contribution in [0.5, 0.6) is 0 Å². The van der Waals surface area contributed by atoms with Gasteiger partial charge in [0.15, 0.2) is 0 Å². The molecule has 6 nitrogen and oxygen atoms in total. The minimum Gasteiger partial charge on any atom is -0.462 e. The zero-order valence-electron chi connectivity index (χ0n) is 11.7. The van der Waals surface area contributed by atoms with Gasteiger partial charge in [-0.1, -0.05) is 0 Å². The number of hydrogen-bond donors (Lipinski definition) is 0. The van der Waals surface area contributed by atoms with E-state index in [0.29, 0.717) is 23.8 Å². The Labute approximate surface area is 113 Å². The van der Waals surface area contributed by atoms with E-state index in [2.05, 4.69) is 26.8 Å². The van der Waals surface area contributed by atoms with Gasteiger partial charge in [0.25, 0.3) is 0 Å². The van der Waals surface area contributed by atoms with Crippen molar-refractivity contribution in [2.75, 3.05) is 44.7 Å². The summed E-state index contributed by atoms with van der Waals surface area (Å²) in [5, 5.41) is 0. The van der Waals surface area contributed by atoms with Gasteiger partial charge in [-0.2, -0.15) is 0 Å². The number of rotatable bonds is 3. The molecule has 104 valence electrons. The summed E-state index contributed by atoms with van der Waals surface area (Å²) in [6.07, 6.45) is 1.56. The van der Waals surface area contributed by atoms with Crippen molar-refractivity contribution in [2.24, 2.45) is 0 Å². The third-order valence-electron chi connectivity index (χ3n) is 3.25. The second kappa shape index (κ2) is 5.97. The third-order valence-corrected chi connectivity index (χ3v) is 3.25. The van der Waals surface area contributed by atoms with Crippen molar-refractivity contribution in [3.05, 3.63) is 17.5 Å². The maximum atomic E-state index is 11.7. The Hall–Kier alpha value is -1.69. The Morgan fingerprint density at radius 1 is 1.37 bits per heavy atom. The number of esters is 1. The maximum Gasteiger partial charge on any atom is 0.341 e. The van der Waals surface area contributed by atoms with Crippen LogP contribution in [0.3, 0.4) is 0 Å². The van der Waals surface area contributed by atoms with Gasteiger partial charge in [0, 0.05) is 32.4 Å². The Bertz CT molecular complexity index is 456. The Balaban J connectivity index is 2.12. The number of aryl methyl sites for hydroxylation is 1. The van der Waals surface area contributed by atoms with Crippen molar-refractivity contribution in [1.82, 2.24) is 14.9 Å². The third kappa shape index (κ3) is 3.20. The number of anilines is 1. The summed E-state index contributed by atoms with van der Waals surface area (Å²) in [7, 11) is 2.10. The van der Waals surface area contributed by atoms with Crippen LogP contribution in [0.1, 0.15) is 23.0 Å². The van der Waals surface area contributed by atoms with Crippen molar-refractivity contribution in [3.63, 3.8) is 0 Å². The average Bonchev–Trinajstić information content (AvgIpc) is 2.39. The van der Waals surface area contributed by atoms with Gasteiger partial charge in [-0.3, -0.25) is 0 Å². The normalized spacial score (nSPS) is 16.5. The molecule has 0 bridgehead atoms. The summed E-state index contributed by atoms with van der Waals surface area (Å²) >= 11 is 0. The summed E-state index contributed by atoms with van der Waals surface area (Å²) in [4.78, 5) is 24.8. The van der Waals surface area contributed by atoms with E-state index in [1.54, 1.807) is 13.1 Å². The molecule has 0 unspecified atom stereocenters. The van der Waals surface area contributed by atoms with Gasteiger partial charge in [0.2, 0.25) is 5.95 Å². The van der Waals surface area contributed by atoms with Gasteiger partial charge in [0.1, 0.15) is 0 Å². The molecule has 0 aliphatic carbocycles. The second-order valence-electron chi connectivity index (χ2n) is 4.68.